The molecule has 21 heavy (non-hydrogen) atoms. The van der Waals surface area contributed by atoms with Gasteiger partial charge in [-0.2, -0.15) is 0 Å². The van der Waals surface area contributed by atoms with Crippen molar-refractivity contribution in [3.63, 3.8) is 0 Å². The predicted molar refractivity (Wildman–Crippen MR) is 84.9 cm³/mol. The monoisotopic (exact) mass is 283 g/mol. The normalized spacial score (nSPS) is 20.8. The van der Waals surface area contributed by atoms with Gasteiger partial charge in [0.25, 0.3) is 0 Å². The molecule has 0 unspecified atom stereocenters. The molecule has 1 atom stereocenters. The fourth-order valence-electron chi connectivity index (χ4n) is 3.04. The van der Waals surface area contributed by atoms with E-state index in [-0.39, 0.29) is 11.9 Å². The number of aromatic amines is 1. The van der Waals surface area contributed by atoms with E-state index in [1.54, 1.807) is 0 Å². The molecule has 2 saturated heterocycles. The maximum atomic E-state index is 11.2. The molecule has 1 amide bonds. The average Bonchev–Trinajstić information content (AvgIpc) is 3.13. The molecule has 1 aromatic carbocycles. The molecule has 1 aromatic heterocycles. The molecule has 2 fully saturated rings. The summed E-state index contributed by atoms with van der Waals surface area (Å²) in [5.74, 6) is 0.176. The zero-order chi connectivity index (χ0) is 14.8. The number of carbonyl (C=O) groups is 1. The Morgan fingerprint density at radius 3 is 2.90 bits per heavy atom. The summed E-state index contributed by atoms with van der Waals surface area (Å²) in [5, 5.41) is 4.14. The van der Waals surface area contributed by atoms with Crippen LogP contribution in [0.5, 0.6) is 0 Å². The predicted octanol–water partition coefficient (Wildman–Crippen LogP) is 2.57. The third-order valence-electron chi connectivity index (χ3n) is 4.22. The van der Waals surface area contributed by atoms with E-state index in [0.29, 0.717) is 6.54 Å². The Hall–Kier alpha value is -2.23. The minimum Gasteiger partial charge on any atom is -0.362 e. The summed E-state index contributed by atoms with van der Waals surface area (Å²) in [5.41, 5.74) is 3.60. The Balaban J connectivity index is 0.000000126. The fourth-order valence-corrected chi connectivity index (χ4v) is 3.04. The van der Waals surface area contributed by atoms with Gasteiger partial charge < -0.3 is 15.2 Å². The molecule has 0 bridgehead atoms. The van der Waals surface area contributed by atoms with Crippen LogP contribution in [0.25, 0.3) is 10.9 Å². The summed E-state index contributed by atoms with van der Waals surface area (Å²) in [6, 6.07) is 8.40. The van der Waals surface area contributed by atoms with Crippen molar-refractivity contribution in [2.45, 2.75) is 25.8 Å². The highest BCUT2D eigenvalue weighted by atomic mass is 16.2. The highest BCUT2D eigenvalue weighted by molar-refractivity contribution is 5.83. The SMILES string of the molecule is C=C1CNC(=O)[C@@H]2CCCN12.Cc1c[nH]c2ccccc12. The van der Waals surface area contributed by atoms with Crippen LogP contribution in [0.3, 0.4) is 0 Å². The fraction of sp³-hybridized carbons (Fsp3) is 0.353. The molecule has 2 N–H and O–H groups in total. The second-order valence-corrected chi connectivity index (χ2v) is 5.65. The topological polar surface area (TPSA) is 48.1 Å². The Kier molecular flexibility index (Phi) is 3.69. The first-order valence-electron chi connectivity index (χ1n) is 7.41. The third-order valence-corrected chi connectivity index (χ3v) is 4.22. The smallest absolute Gasteiger partial charge is 0.243 e. The summed E-state index contributed by atoms with van der Waals surface area (Å²) >= 11 is 0. The Labute approximate surface area is 124 Å². The molecule has 4 heteroatoms. The molecule has 0 saturated carbocycles. The third kappa shape index (κ3) is 2.66. The molecule has 0 aliphatic carbocycles. The van der Waals surface area contributed by atoms with Gasteiger partial charge in [0.15, 0.2) is 0 Å². The van der Waals surface area contributed by atoms with Crippen LogP contribution in [-0.4, -0.2) is 34.9 Å². The number of nitrogens with zero attached hydrogens (tertiary/aromatic N) is 1. The molecule has 0 spiro atoms. The van der Waals surface area contributed by atoms with Gasteiger partial charge >= 0.3 is 0 Å². The minimum atomic E-state index is 0.0937. The largest absolute Gasteiger partial charge is 0.362 e. The molecular formula is C17H21N3O. The lowest BCUT2D eigenvalue weighted by Crippen LogP contribution is -2.50. The van der Waals surface area contributed by atoms with Crippen LogP contribution in [0.1, 0.15) is 18.4 Å². The Morgan fingerprint density at radius 2 is 2.14 bits per heavy atom. The van der Waals surface area contributed by atoms with Gasteiger partial charge in [0, 0.05) is 29.3 Å². The van der Waals surface area contributed by atoms with E-state index in [9.17, 15) is 4.79 Å². The first-order valence-corrected chi connectivity index (χ1v) is 7.41. The quantitative estimate of drug-likeness (QED) is 0.780. The van der Waals surface area contributed by atoms with Crippen LogP contribution in [0, 0.1) is 6.92 Å². The van der Waals surface area contributed by atoms with Gasteiger partial charge in [-0.15, -0.1) is 0 Å². The van der Waals surface area contributed by atoms with Crippen molar-refractivity contribution in [3.05, 3.63) is 48.3 Å². The lowest BCUT2D eigenvalue weighted by molar-refractivity contribution is -0.126. The average molecular weight is 283 g/mol. The lowest BCUT2D eigenvalue weighted by Gasteiger charge is -2.32. The van der Waals surface area contributed by atoms with E-state index in [1.165, 1.54) is 16.5 Å². The highest BCUT2D eigenvalue weighted by Crippen LogP contribution is 2.23. The van der Waals surface area contributed by atoms with E-state index in [1.807, 2.05) is 12.3 Å². The number of nitrogens with one attached hydrogen (secondary N) is 2. The van der Waals surface area contributed by atoms with Crippen LogP contribution in [0.2, 0.25) is 0 Å². The van der Waals surface area contributed by atoms with Crippen molar-refractivity contribution >= 4 is 16.8 Å². The number of hydrogen-bond acceptors (Lipinski definition) is 2. The van der Waals surface area contributed by atoms with Gasteiger partial charge in [-0.05, 0) is 31.4 Å². The van der Waals surface area contributed by atoms with Crippen molar-refractivity contribution < 1.29 is 4.79 Å². The highest BCUT2D eigenvalue weighted by Gasteiger charge is 2.34. The number of hydrogen-bond donors (Lipinski definition) is 2. The van der Waals surface area contributed by atoms with Gasteiger partial charge in [0.1, 0.15) is 6.04 Å². The van der Waals surface area contributed by atoms with E-state index in [4.69, 9.17) is 0 Å². The summed E-state index contributed by atoms with van der Waals surface area (Å²) in [6.07, 6.45) is 4.15. The minimum absolute atomic E-state index is 0.0937. The van der Waals surface area contributed by atoms with Crippen molar-refractivity contribution in [2.24, 2.45) is 0 Å². The van der Waals surface area contributed by atoms with Crippen LogP contribution in [0.4, 0.5) is 0 Å². The van der Waals surface area contributed by atoms with Crippen molar-refractivity contribution in [1.29, 1.82) is 0 Å². The lowest BCUT2D eigenvalue weighted by atomic mass is 10.1. The summed E-state index contributed by atoms with van der Waals surface area (Å²) in [7, 11) is 0. The first-order chi connectivity index (χ1) is 10.2. The van der Waals surface area contributed by atoms with Crippen LogP contribution in [-0.2, 0) is 4.79 Å². The van der Waals surface area contributed by atoms with Gasteiger partial charge in [-0.1, -0.05) is 24.8 Å². The van der Waals surface area contributed by atoms with Crippen LogP contribution >= 0.6 is 0 Å². The summed E-state index contributed by atoms with van der Waals surface area (Å²) in [4.78, 5) is 16.5. The van der Waals surface area contributed by atoms with E-state index in [0.717, 1.165) is 25.1 Å². The van der Waals surface area contributed by atoms with E-state index < -0.39 is 0 Å². The van der Waals surface area contributed by atoms with Gasteiger partial charge in [-0.25, -0.2) is 0 Å². The number of carbonyl (C=O) groups excluding carboxylic acids is 1. The molecule has 4 rings (SSSR count). The number of aryl methyl sites for hydroxylation is 1. The number of piperazine rings is 1. The van der Waals surface area contributed by atoms with Crippen molar-refractivity contribution in [2.75, 3.05) is 13.1 Å². The number of benzene rings is 1. The van der Waals surface area contributed by atoms with Crippen LogP contribution in [0.15, 0.2) is 42.7 Å². The summed E-state index contributed by atoms with van der Waals surface area (Å²) in [6.45, 7) is 7.66. The number of fused-ring (bicyclic) bond motifs is 2. The van der Waals surface area contributed by atoms with Gasteiger partial charge in [0.05, 0.1) is 6.54 Å². The summed E-state index contributed by atoms with van der Waals surface area (Å²) < 4.78 is 0. The first kappa shape index (κ1) is 13.7. The number of amides is 1. The van der Waals surface area contributed by atoms with E-state index in [2.05, 4.69) is 46.9 Å². The molecule has 2 aromatic rings. The molecule has 2 aliphatic rings. The second-order valence-electron chi connectivity index (χ2n) is 5.65. The van der Waals surface area contributed by atoms with E-state index >= 15 is 0 Å². The number of para-hydroxylation sites is 1. The molecule has 2 aliphatic heterocycles. The van der Waals surface area contributed by atoms with Crippen molar-refractivity contribution in [3.8, 4) is 0 Å². The van der Waals surface area contributed by atoms with Gasteiger partial charge in [-0.3, -0.25) is 4.79 Å². The van der Waals surface area contributed by atoms with Gasteiger partial charge in [0.2, 0.25) is 5.91 Å². The molecular weight excluding hydrogens is 262 g/mol. The second kappa shape index (κ2) is 5.64. The molecule has 0 radical (unpaired) electrons. The number of rotatable bonds is 0. The zero-order valence-electron chi connectivity index (χ0n) is 12.4. The maximum Gasteiger partial charge on any atom is 0.243 e. The Bertz CT molecular complexity index is 651. The number of H-pyrrole nitrogens is 1. The standard InChI is InChI=1S/C9H9N.C8H12N2O/c1-7-6-10-9-5-3-2-4-8(7)9;1-6-5-9-8(11)7-3-2-4-10(6)7/h2-6,10H,1H3;7H,1-5H2,(H,9,11)/t;7-/m.0/s1. The number of aromatic nitrogens is 1. The van der Waals surface area contributed by atoms with Crippen LogP contribution < -0.4 is 5.32 Å². The Morgan fingerprint density at radius 1 is 1.33 bits per heavy atom. The molecule has 110 valence electrons. The van der Waals surface area contributed by atoms with Crippen molar-refractivity contribution in [1.82, 2.24) is 15.2 Å². The maximum absolute atomic E-state index is 11.2. The molecule has 4 nitrogen and oxygen atoms in total. The molecule has 3 heterocycles. The zero-order valence-corrected chi connectivity index (χ0v) is 12.4.